The fraction of sp³-hybridized carbons (Fsp3) is 0.731. The number of carboxylic acids is 1. The molecule has 9 nitrogen and oxygen atoms in total. The summed E-state index contributed by atoms with van der Waals surface area (Å²) in [5.74, 6) is -2.92. The van der Waals surface area contributed by atoms with Crippen molar-refractivity contribution in [2.75, 3.05) is 0 Å². The van der Waals surface area contributed by atoms with Gasteiger partial charge in [0.05, 0.1) is 36.6 Å². The maximum atomic E-state index is 14.0. The van der Waals surface area contributed by atoms with Crippen LogP contribution in [0.3, 0.4) is 0 Å². The maximum Gasteiger partial charge on any atom is 0.339 e. The second-order valence-electron chi connectivity index (χ2n) is 12.3. The Morgan fingerprint density at radius 1 is 1.11 bits per heavy atom. The number of aliphatic hydroxyl groups excluding tert-OH is 1. The number of carbonyl (C=O) groups is 3. The highest BCUT2D eigenvalue weighted by Gasteiger charge is 2.89. The van der Waals surface area contributed by atoms with Gasteiger partial charge in [-0.3, -0.25) is 9.59 Å². The van der Waals surface area contributed by atoms with Crippen LogP contribution < -0.4 is 0 Å². The van der Waals surface area contributed by atoms with Gasteiger partial charge in [-0.05, 0) is 38.7 Å². The van der Waals surface area contributed by atoms with Crippen LogP contribution in [0.2, 0.25) is 0 Å². The Balaban J connectivity index is 1.54. The molecule has 4 heterocycles. The topological polar surface area (TPSA) is 136 Å². The summed E-state index contributed by atoms with van der Waals surface area (Å²) in [4.78, 5) is 38.9. The maximum absolute atomic E-state index is 14.0. The number of furan rings is 1. The molecule has 1 aromatic heterocycles. The molecule has 2 aliphatic carbocycles. The van der Waals surface area contributed by atoms with Crippen molar-refractivity contribution in [2.24, 2.45) is 28.1 Å². The van der Waals surface area contributed by atoms with Gasteiger partial charge in [0.1, 0.15) is 17.8 Å². The molecule has 1 spiro atoms. The number of hydrogen-bond acceptors (Lipinski definition) is 8. The van der Waals surface area contributed by atoms with Crippen LogP contribution >= 0.6 is 0 Å². The number of aliphatic carboxylic acids is 1. The van der Waals surface area contributed by atoms with Crippen molar-refractivity contribution in [3.8, 4) is 0 Å². The summed E-state index contributed by atoms with van der Waals surface area (Å²) in [7, 11) is 0. The van der Waals surface area contributed by atoms with Crippen molar-refractivity contribution in [1.82, 2.24) is 0 Å². The molecule has 10 atom stereocenters. The second-order valence-corrected chi connectivity index (χ2v) is 12.3. The van der Waals surface area contributed by atoms with E-state index in [0.29, 0.717) is 18.4 Å². The zero-order valence-corrected chi connectivity index (χ0v) is 20.6. The molecule has 0 unspecified atom stereocenters. The highest BCUT2D eigenvalue weighted by molar-refractivity contribution is 5.91. The summed E-state index contributed by atoms with van der Waals surface area (Å²) in [6.07, 6.45) is 0.302. The molecular formula is C26H32O9. The van der Waals surface area contributed by atoms with Crippen LogP contribution in [0.15, 0.2) is 23.0 Å². The predicted octanol–water partition coefficient (Wildman–Crippen LogP) is 2.66. The molecule has 2 saturated carbocycles. The van der Waals surface area contributed by atoms with Gasteiger partial charge in [0.25, 0.3) is 0 Å². The number of ether oxygens (including phenoxy) is 3. The average Bonchev–Trinajstić information content (AvgIpc) is 3.26. The first kappa shape index (κ1) is 23.2. The fourth-order valence-corrected chi connectivity index (χ4v) is 9.30. The van der Waals surface area contributed by atoms with E-state index in [9.17, 15) is 24.6 Å². The Hall–Kier alpha value is -2.23. The number of carboxylic acid groups (broad SMARTS) is 1. The fourth-order valence-electron chi connectivity index (χ4n) is 9.30. The first-order valence-corrected chi connectivity index (χ1v) is 12.3. The highest BCUT2D eigenvalue weighted by Crippen LogP contribution is 2.79. The van der Waals surface area contributed by atoms with Crippen molar-refractivity contribution in [1.29, 1.82) is 0 Å². The largest absolute Gasteiger partial charge is 0.481 e. The van der Waals surface area contributed by atoms with Gasteiger partial charge in [-0.15, -0.1) is 0 Å². The second kappa shape index (κ2) is 6.55. The summed E-state index contributed by atoms with van der Waals surface area (Å²) < 4.78 is 23.7. The summed E-state index contributed by atoms with van der Waals surface area (Å²) >= 11 is 0. The average molecular weight is 489 g/mol. The van der Waals surface area contributed by atoms with E-state index >= 15 is 0 Å². The third kappa shape index (κ3) is 2.38. The Morgan fingerprint density at radius 3 is 2.46 bits per heavy atom. The van der Waals surface area contributed by atoms with Gasteiger partial charge in [0.15, 0.2) is 11.9 Å². The first-order valence-electron chi connectivity index (χ1n) is 12.3. The first-order chi connectivity index (χ1) is 16.3. The molecule has 3 saturated heterocycles. The van der Waals surface area contributed by atoms with Crippen LogP contribution in [0, 0.1) is 28.1 Å². The van der Waals surface area contributed by atoms with Gasteiger partial charge in [-0.1, -0.05) is 20.8 Å². The van der Waals surface area contributed by atoms with E-state index in [1.165, 1.54) is 6.26 Å². The zero-order chi connectivity index (χ0) is 25.3. The lowest BCUT2D eigenvalue weighted by atomic mass is 9.37. The number of carbonyl (C=O) groups excluding carboxylic acids is 2. The highest BCUT2D eigenvalue weighted by atomic mass is 16.7. The molecule has 3 aliphatic heterocycles. The predicted molar refractivity (Wildman–Crippen MR) is 118 cm³/mol. The lowest BCUT2D eigenvalue weighted by molar-refractivity contribution is -0.238. The number of fused-ring (bicyclic) bond motifs is 3. The van der Waals surface area contributed by atoms with E-state index in [2.05, 4.69) is 0 Å². The minimum absolute atomic E-state index is 0.249. The number of ketones is 1. The van der Waals surface area contributed by atoms with Gasteiger partial charge < -0.3 is 28.8 Å². The van der Waals surface area contributed by atoms with Gasteiger partial charge >= 0.3 is 11.9 Å². The van der Waals surface area contributed by atoms with E-state index < -0.39 is 69.7 Å². The van der Waals surface area contributed by atoms with Gasteiger partial charge in [-0.2, -0.15) is 0 Å². The number of aliphatic hydroxyl groups is 1. The van der Waals surface area contributed by atoms with Gasteiger partial charge in [-0.25, -0.2) is 4.79 Å². The minimum Gasteiger partial charge on any atom is -0.481 e. The number of Topliss-reactive ketones (excluding diaryl/α,β-unsaturated/α-hetero) is 1. The molecule has 1 aromatic rings. The molecule has 6 rings (SSSR count). The van der Waals surface area contributed by atoms with E-state index in [1.54, 1.807) is 26.2 Å². The summed E-state index contributed by atoms with van der Waals surface area (Å²) in [5, 5.41) is 21.5. The smallest absolute Gasteiger partial charge is 0.339 e. The molecule has 0 bridgehead atoms. The van der Waals surface area contributed by atoms with E-state index in [4.69, 9.17) is 18.6 Å². The Kier molecular flexibility index (Phi) is 4.34. The molecule has 5 fully saturated rings. The molecule has 0 radical (unpaired) electrons. The number of cyclic esters (lactones) is 1. The molecule has 35 heavy (non-hydrogen) atoms. The van der Waals surface area contributed by atoms with Crippen LogP contribution in [-0.4, -0.2) is 57.4 Å². The number of epoxide rings is 1. The molecule has 2 N–H and O–H groups in total. The Bertz CT molecular complexity index is 1130. The summed E-state index contributed by atoms with van der Waals surface area (Å²) in [5.41, 5.74) is -4.15. The molecule has 5 aliphatic rings. The Labute approximate surface area is 203 Å². The Morgan fingerprint density at radius 2 is 1.83 bits per heavy atom. The van der Waals surface area contributed by atoms with Crippen molar-refractivity contribution >= 4 is 17.7 Å². The van der Waals surface area contributed by atoms with Crippen molar-refractivity contribution in [3.63, 3.8) is 0 Å². The molecule has 9 heteroatoms. The third-order valence-electron chi connectivity index (χ3n) is 10.5. The van der Waals surface area contributed by atoms with Gasteiger partial charge in [0.2, 0.25) is 0 Å². The number of rotatable bonds is 3. The molecule has 190 valence electrons. The number of hydrogen-bond donors (Lipinski definition) is 2. The SMILES string of the molecule is CC1(C)O[C@@H](CC(=O)O)[C@@]2(C)[C@@H]1C(=O)[C@H](O)[C@]1(C)[C@@H]2CC[C@@]2(C)[C@H](c3ccoc3)OC(=O)[C@H]3O[C@@]312. The van der Waals surface area contributed by atoms with E-state index in [-0.39, 0.29) is 18.1 Å². The summed E-state index contributed by atoms with van der Waals surface area (Å²) in [6, 6.07) is 1.75. The van der Waals surface area contributed by atoms with Crippen molar-refractivity contribution in [2.45, 2.75) is 89.5 Å². The van der Waals surface area contributed by atoms with Crippen molar-refractivity contribution < 1.29 is 43.2 Å². The van der Waals surface area contributed by atoms with Crippen LogP contribution in [-0.2, 0) is 28.6 Å². The zero-order valence-electron chi connectivity index (χ0n) is 20.6. The standard InChI is InChI=1S/C26H32O9/c1-22(2)17-16(29)18(30)25(5)13(24(17,4)14(34-22)10-15(27)28)6-8-23(3)19(12-7-9-32-11-12)33-21(31)20-26(23,25)35-20/h7,9,11,13-14,17-20,30H,6,8,10H2,1-5H3,(H,27,28)/t13-,14+,17-,18+,19+,20-,23+,24+,25+,26-/m1/s1. The van der Waals surface area contributed by atoms with Crippen LogP contribution in [0.5, 0.6) is 0 Å². The lowest BCUT2D eigenvalue weighted by Crippen LogP contribution is -2.74. The molecule has 0 amide bonds. The van der Waals surface area contributed by atoms with Crippen LogP contribution in [0.1, 0.15) is 65.5 Å². The van der Waals surface area contributed by atoms with Crippen LogP contribution in [0.25, 0.3) is 0 Å². The molecule has 0 aromatic carbocycles. The minimum atomic E-state index is -1.41. The number of esters is 1. The van der Waals surface area contributed by atoms with E-state index in [0.717, 1.165) is 0 Å². The van der Waals surface area contributed by atoms with E-state index in [1.807, 2.05) is 20.8 Å². The lowest BCUT2D eigenvalue weighted by Gasteiger charge is -2.66. The monoisotopic (exact) mass is 488 g/mol. The van der Waals surface area contributed by atoms with Gasteiger partial charge in [0, 0.05) is 21.8 Å². The molecular weight excluding hydrogens is 456 g/mol. The summed E-state index contributed by atoms with van der Waals surface area (Å²) in [6.45, 7) is 9.35. The van der Waals surface area contributed by atoms with Crippen molar-refractivity contribution in [3.05, 3.63) is 24.2 Å². The quantitative estimate of drug-likeness (QED) is 0.486. The van der Waals surface area contributed by atoms with Crippen LogP contribution in [0.4, 0.5) is 0 Å². The normalized spacial score (nSPS) is 51.5. The third-order valence-corrected chi connectivity index (χ3v) is 10.5.